The van der Waals surface area contributed by atoms with Crippen LogP contribution >= 0.6 is 28.3 Å². The predicted octanol–water partition coefficient (Wildman–Crippen LogP) is 3.74. The summed E-state index contributed by atoms with van der Waals surface area (Å²) in [6.45, 7) is 0.637. The smallest absolute Gasteiger partial charge is 0.323 e. The number of carbonyl (C=O) groups is 1. The molecular weight excluding hydrogens is 406 g/mol. The Morgan fingerprint density at radius 3 is 2.64 bits per heavy atom. The third-order valence-electron chi connectivity index (χ3n) is 4.12. The maximum atomic E-state index is 11.5. The van der Waals surface area contributed by atoms with E-state index in [1.807, 2.05) is 24.3 Å². The highest BCUT2D eigenvalue weighted by molar-refractivity contribution is 9.10. The molecule has 4 nitrogen and oxygen atoms in total. The van der Waals surface area contributed by atoms with E-state index < -0.39 is 0 Å². The Bertz CT molecular complexity index is 711. The van der Waals surface area contributed by atoms with Gasteiger partial charge in [0.05, 0.1) is 11.6 Å². The SMILES string of the molecule is COC(=O)[C@@H]1C[C@H](Oc2ccc(Cc3ccccc3)cc2Br)CN1.Cl. The van der Waals surface area contributed by atoms with E-state index >= 15 is 0 Å². The van der Waals surface area contributed by atoms with E-state index in [0.717, 1.165) is 16.6 Å². The number of ether oxygens (including phenoxy) is 2. The molecule has 0 spiro atoms. The van der Waals surface area contributed by atoms with Crippen LogP contribution in [-0.2, 0) is 16.0 Å². The molecule has 1 saturated heterocycles. The number of hydrogen-bond donors (Lipinski definition) is 1. The van der Waals surface area contributed by atoms with Crippen LogP contribution in [0.3, 0.4) is 0 Å². The molecule has 0 aromatic heterocycles. The molecule has 2 aromatic rings. The Morgan fingerprint density at radius 2 is 1.96 bits per heavy atom. The molecule has 1 N–H and O–H groups in total. The number of hydrogen-bond acceptors (Lipinski definition) is 4. The Kier molecular flexibility index (Phi) is 7.29. The molecule has 1 fully saturated rings. The van der Waals surface area contributed by atoms with Crippen LogP contribution in [0.5, 0.6) is 5.75 Å². The second-order valence-corrected chi connectivity index (χ2v) is 6.74. The van der Waals surface area contributed by atoms with E-state index in [1.165, 1.54) is 18.2 Å². The number of carbonyl (C=O) groups excluding carboxylic acids is 1. The molecule has 0 unspecified atom stereocenters. The molecule has 0 aliphatic carbocycles. The third kappa shape index (κ3) is 5.21. The van der Waals surface area contributed by atoms with Crippen LogP contribution in [0.4, 0.5) is 0 Å². The van der Waals surface area contributed by atoms with Gasteiger partial charge in [0.1, 0.15) is 17.9 Å². The van der Waals surface area contributed by atoms with Gasteiger partial charge in [0.25, 0.3) is 0 Å². The summed E-state index contributed by atoms with van der Waals surface area (Å²) in [5.41, 5.74) is 2.50. The van der Waals surface area contributed by atoms with E-state index in [0.29, 0.717) is 13.0 Å². The zero-order valence-corrected chi connectivity index (χ0v) is 16.3. The lowest BCUT2D eigenvalue weighted by atomic mass is 10.1. The minimum absolute atomic E-state index is 0. The highest BCUT2D eigenvalue weighted by Gasteiger charge is 2.31. The Hall–Kier alpha value is -1.56. The van der Waals surface area contributed by atoms with Crippen molar-refractivity contribution in [3.63, 3.8) is 0 Å². The molecule has 1 heterocycles. The number of methoxy groups -OCH3 is 1. The van der Waals surface area contributed by atoms with Crippen molar-refractivity contribution in [3.05, 3.63) is 64.1 Å². The van der Waals surface area contributed by atoms with Gasteiger partial charge in [-0.25, -0.2) is 0 Å². The predicted molar refractivity (Wildman–Crippen MR) is 103 cm³/mol. The van der Waals surface area contributed by atoms with Crippen LogP contribution in [-0.4, -0.2) is 31.8 Å². The maximum Gasteiger partial charge on any atom is 0.323 e. The van der Waals surface area contributed by atoms with Gasteiger partial charge >= 0.3 is 5.97 Å². The fourth-order valence-electron chi connectivity index (χ4n) is 2.88. The minimum Gasteiger partial charge on any atom is -0.488 e. The van der Waals surface area contributed by atoms with Gasteiger partial charge < -0.3 is 14.8 Å². The van der Waals surface area contributed by atoms with E-state index in [1.54, 1.807) is 0 Å². The lowest BCUT2D eigenvalue weighted by Crippen LogP contribution is -2.31. The Morgan fingerprint density at radius 1 is 1.20 bits per heavy atom. The van der Waals surface area contributed by atoms with Gasteiger partial charge in [0.15, 0.2) is 0 Å². The number of nitrogens with one attached hydrogen (secondary N) is 1. The van der Waals surface area contributed by atoms with Crippen molar-refractivity contribution in [2.24, 2.45) is 0 Å². The first-order valence-electron chi connectivity index (χ1n) is 7.96. The molecule has 2 aromatic carbocycles. The molecule has 1 aliphatic heterocycles. The minimum atomic E-state index is -0.281. The van der Waals surface area contributed by atoms with Crippen LogP contribution in [0.15, 0.2) is 53.0 Å². The molecule has 2 atom stereocenters. The largest absolute Gasteiger partial charge is 0.488 e. The second kappa shape index (κ2) is 9.22. The summed E-state index contributed by atoms with van der Waals surface area (Å²) in [5, 5.41) is 3.13. The second-order valence-electron chi connectivity index (χ2n) is 5.89. The van der Waals surface area contributed by atoms with Crippen LogP contribution < -0.4 is 10.1 Å². The first kappa shape index (κ1) is 19.8. The molecule has 25 heavy (non-hydrogen) atoms. The van der Waals surface area contributed by atoms with Crippen molar-refractivity contribution in [1.82, 2.24) is 5.32 Å². The highest BCUT2D eigenvalue weighted by Crippen LogP contribution is 2.29. The molecule has 1 aliphatic rings. The quantitative estimate of drug-likeness (QED) is 0.740. The summed E-state index contributed by atoms with van der Waals surface area (Å²) >= 11 is 3.59. The summed E-state index contributed by atoms with van der Waals surface area (Å²) < 4.78 is 11.7. The molecular formula is C19H21BrClNO3. The van der Waals surface area contributed by atoms with E-state index in [-0.39, 0.29) is 30.5 Å². The Labute approximate surface area is 162 Å². The van der Waals surface area contributed by atoms with Crippen molar-refractivity contribution in [1.29, 1.82) is 0 Å². The number of esters is 1. The van der Waals surface area contributed by atoms with Crippen molar-refractivity contribution in [2.75, 3.05) is 13.7 Å². The molecule has 0 radical (unpaired) electrons. The average Bonchev–Trinajstić information content (AvgIpc) is 3.06. The van der Waals surface area contributed by atoms with Gasteiger partial charge in [0, 0.05) is 13.0 Å². The summed E-state index contributed by atoms with van der Waals surface area (Å²) in [4.78, 5) is 11.5. The molecule has 0 bridgehead atoms. The zero-order chi connectivity index (χ0) is 16.9. The topological polar surface area (TPSA) is 47.6 Å². The van der Waals surface area contributed by atoms with Gasteiger partial charge in [-0.2, -0.15) is 0 Å². The molecule has 0 amide bonds. The molecule has 134 valence electrons. The van der Waals surface area contributed by atoms with Gasteiger partial charge in [-0.05, 0) is 45.6 Å². The molecule has 6 heteroatoms. The summed E-state index contributed by atoms with van der Waals surface area (Å²) in [7, 11) is 1.40. The average molecular weight is 427 g/mol. The Balaban J connectivity index is 0.00000225. The fourth-order valence-corrected chi connectivity index (χ4v) is 3.40. The van der Waals surface area contributed by atoms with Crippen LogP contribution in [0, 0.1) is 0 Å². The normalized spacial score (nSPS) is 19.1. The van der Waals surface area contributed by atoms with E-state index in [9.17, 15) is 4.79 Å². The highest BCUT2D eigenvalue weighted by atomic mass is 79.9. The summed E-state index contributed by atoms with van der Waals surface area (Å²) in [6, 6.07) is 16.2. The van der Waals surface area contributed by atoms with Crippen molar-refractivity contribution in [2.45, 2.75) is 25.0 Å². The van der Waals surface area contributed by atoms with Crippen molar-refractivity contribution in [3.8, 4) is 5.75 Å². The lowest BCUT2D eigenvalue weighted by molar-refractivity contribution is -0.142. The number of benzene rings is 2. The summed E-state index contributed by atoms with van der Waals surface area (Å²) in [5.74, 6) is 0.558. The van der Waals surface area contributed by atoms with Gasteiger partial charge in [-0.1, -0.05) is 36.4 Å². The van der Waals surface area contributed by atoms with Crippen molar-refractivity contribution >= 4 is 34.3 Å². The van der Waals surface area contributed by atoms with Gasteiger partial charge in [-0.15, -0.1) is 12.4 Å². The first-order valence-corrected chi connectivity index (χ1v) is 8.75. The zero-order valence-electron chi connectivity index (χ0n) is 13.9. The van der Waals surface area contributed by atoms with E-state index in [4.69, 9.17) is 9.47 Å². The summed E-state index contributed by atoms with van der Waals surface area (Å²) in [6.07, 6.45) is 1.46. The molecule has 0 saturated carbocycles. The van der Waals surface area contributed by atoms with Gasteiger partial charge in [0.2, 0.25) is 0 Å². The monoisotopic (exact) mass is 425 g/mol. The van der Waals surface area contributed by atoms with E-state index in [2.05, 4.69) is 45.5 Å². The van der Waals surface area contributed by atoms with Gasteiger partial charge in [-0.3, -0.25) is 4.79 Å². The fraction of sp³-hybridized carbons (Fsp3) is 0.316. The number of halogens is 2. The van der Waals surface area contributed by atoms with Crippen molar-refractivity contribution < 1.29 is 14.3 Å². The standard InChI is InChI=1S/C19H20BrNO3.ClH/c1-23-19(22)17-11-15(12-21-17)24-18-8-7-14(10-16(18)20)9-13-5-3-2-4-6-13;/h2-8,10,15,17,21H,9,11-12H2,1H3;1H/t15-,17-;/m0./s1. The van der Waals surface area contributed by atoms with Crippen LogP contribution in [0.25, 0.3) is 0 Å². The third-order valence-corrected chi connectivity index (χ3v) is 4.74. The van der Waals surface area contributed by atoms with Crippen LogP contribution in [0.1, 0.15) is 17.5 Å². The molecule has 3 rings (SSSR count). The lowest BCUT2D eigenvalue weighted by Gasteiger charge is -2.15. The van der Waals surface area contributed by atoms with Crippen LogP contribution in [0.2, 0.25) is 0 Å². The number of rotatable bonds is 5. The first-order chi connectivity index (χ1) is 11.7. The maximum absolute atomic E-state index is 11.5.